The third-order valence-electron chi connectivity index (χ3n) is 4.92. The second kappa shape index (κ2) is 3.87. The van der Waals surface area contributed by atoms with Crippen LogP contribution in [0.5, 0.6) is 0 Å². The molecule has 0 aromatic heterocycles. The Morgan fingerprint density at radius 2 is 1.64 bits per heavy atom. The first-order valence-electron chi connectivity index (χ1n) is 6.58. The van der Waals surface area contributed by atoms with Gasteiger partial charge in [-0.2, -0.15) is 0 Å². The summed E-state index contributed by atoms with van der Waals surface area (Å²) in [7, 11) is 0. The zero-order chi connectivity index (χ0) is 10.2. The van der Waals surface area contributed by atoms with E-state index in [2.05, 4.69) is 20.8 Å². The first kappa shape index (κ1) is 10.5. The molecule has 0 N–H and O–H groups in total. The monoisotopic (exact) mass is 194 g/mol. The van der Waals surface area contributed by atoms with Gasteiger partial charge < -0.3 is 0 Å². The molecule has 2 aliphatic carbocycles. The highest BCUT2D eigenvalue weighted by Crippen LogP contribution is 2.46. The van der Waals surface area contributed by atoms with Crippen LogP contribution in [-0.2, 0) is 0 Å². The van der Waals surface area contributed by atoms with Crippen molar-refractivity contribution in [2.75, 3.05) is 0 Å². The van der Waals surface area contributed by atoms with Crippen LogP contribution in [0.25, 0.3) is 0 Å². The van der Waals surface area contributed by atoms with Gasteiger partial charge in [-0.05, 0) is 48.9 Å². The molecule has 0 aromatic carbocycles. The fourth-order valence-electron chi connectivity index (χ4n) is 3.73. The summed E-state index contributed by atoms with van der Waals surface area (Å²) in [5, 5.41) is 0. The molecule has 2 rings (SSSR count). The van der Waals surface area contributed by atoms with Gasteiger partial charge in [0.2, 0.25) is 0 Å². The molecule has 0 aromatic rings. The lowest BCUT2D eigenvalue weighted by Gasteiger charge is -2.35. The first-order valence-corrected chi connectivity index (χ1v) is 6.58. The van der Waals surface area contributed by atoms with Crippen LogP contribution in [-0.4, -0.2) is 0 Å². The summed E-state index contributed by atoms with van der Waals surface area (Å²) < 4.78 is 0. The van der Waals surface area contributed by atoms with Crippen LogP contribution in [0, 0.1) is 23.2 Å². The predicted molar refractivity (Wildman–Crippen MR) is 62.2 cm³/mol. The van der Waals surface area contributed by atoms with Gasteiger partial charge in [0.25, 0.3) is 0 Å². The van der Waals surface area contributed by atoms with E-state index in [1.807, 2.05) is 0 Å². The summed E-state index contributed by atoms with van der Waals surface area (Å²) in [6.07, 6.45) is 10.5. The van der Waals surface area contributed by atoms with E-state index in [0.29, 0.717) is 5.41 Å². The van der Waals surface area contributed by atoms with Gasteiger partial charge >= 0.3 is 0 Å². The Morgan fingerprint density at radius 1 is 0.929 bits per heavy atom. The zero-order valence-corrected chi connectivity index (χ0v) is 10.2. The molecular formula is C14H26. The molecular weight excluding hydrogens is 168 g/mol. The minimum atomic E-state index is 0.636. The third kappa shape index (κ3) is 2.15. The van der Waals surface area contributed by atoms with E-state index in [1.54, 1.807) is 0 Å². The van der Waals surface area contributed by atoms with Crippen molar-refractivity contribution in [3.05, 3.63) is 0 Å². The van der Waals surface area contributed by atoms with Gasteiger partial charge in [0.1, 0.15) is 0 Å². The Hall–Kier alpha value is 0. The van der Waals surface area contributed by atoms with Gasteiger partial charge in [-0.3, -0.25) is 0 Å². The second-order valence-corrected chi connectivity index (χ2v) is 6.57. The third-order valence-corrected chi connectivity index (χ3v) is 4.92. The molecule has 0 heterocycles. The Morgan fingerprint density at radius 3 is 2.43 bits per heavy atom. The van der Waals surface area contributed by atoms with E-state index in [4.69, 9.17) is 0 Å². The Labute approximate surface area is 89.5 Å². The Kier molecular flexibility index (Phi) is 2.91. The molecule has 0 nitrogen and oxygen atoms in total. The van der Waals surface area contributed by atoms with Crippen molar-refractivity contribution in [3.8, 4) is 0 Å². The molecule has 0 aliphatic heterocycles. The summed E-state index contributed by atoms with van der Waals surface area (Å²) in [5.41, 5.74) is 0.636. The zero-order valence-electron chi connectivity index (χ0n) is 10.2. The smallest absolute Gasteiger partial charge is 0.0354 e. The van der Waals surface area contributed by atoms with Crippen LogP contribution in [0.1, 0.15) is 65.7 Å². The Bertz CT molecular complexity index is 192. The molecule has 0 amide bonds. The van der Waals surface area contributed by atoms with Crippen molar-refractivity contribution in [1.29, 1.82) is 0 Å². The largest absolute Gasteiger partial charge is 0.0622 e. The van der Waals surface area contributed by atoms with Crippen molar-refractivity contribution in [3.63, 3.8) is 0 Å². The molecule has 0 radical (unpaired) electrons. The number of rotatable bonds is 0. The quantitative estimate of drug-likeness (QED) is 0.527. The van der Waals surface area contributed by atoms with Crippen LogP contribution in [0.15, 0.2) is 0 Å². The molecule has 2 aliphatic rings. The summed E-state index contributed by atoms with van der Waals surface area (Å²) in [6.45, 7) is 7.43. The van der Waals surface area contributed by atoms with Crippen molar-refractivity contribution in [1.82, 2.24) is 0 Å². The van der Waals surface area contributed by atoms with E-state index in [-0.39, 0.29) is 0 Å². The van der Waals surface area contributed by atoms with Crippen LogP contribution in [0.3, 0.4) is 0 Å². The summed E-state index contributed by atoms with van der Waals surface area (Å²) in [6, 6.07) is 0. The fraction of sp³-hybridized carbons (Fsp3) is 1.00. The number of hydrogen-bond donors (Lipinski definition) is 0. The van der Waals surface area contributed by atoms with Crippen molar-refractivity contribution in [2.45, 2.75) is 65.7 Å². The minimum Gasteiger partial charge on any atom is -0.0622 e. The number of hydrogen-bond acceptors (Lipinski definition) is 0. The maximum absolute atomic E-state index is 2.50. The van der Waals surface area contributed by atoms with Gasteiger partial charge in [0.05, 0.1) is 0 Å². The van der Waals surface area contributed by atoms with E-state index in [9.17, 15) is 0 Å². The maximum atomic E-state index is 2.50. The first-order chi connectivity index (χ1) is 6.58. The lowest BCUT2D eigenvalue weighted by atomic mass is 9.70. The van der Waals surface area contributed by atoms with Crippen LogP contribution >= 0.6 is 0 Å². The highest BCUT2D eigenvalue weighted by atomic mass is 14.4. The average molecular weight is 194 g/mol. The van der Waals surface area contributed by atoms with Crippen LogP contribution in [0.4, 0.5) is 0 Å². The molecule has 14 heavy (non-hydrogen) atoms. The fourth-order valence-corrected chi connectivity index (χ4v) is 3.73. The second-order valence-electron chi connectivity index (χ2n) is 6.57. The predicted octanol–water partition coefficient (Wildman–Crippen LogP) is 4.64. The van der Waals surface area contributed by atoms with Crippen LogP contribution in [0.2, 0.25) is 0 Å². The topological polar surface area (TPSA) is 0 Å². The molecule has 0 saturated heterocycles. The highest BCUT2D eigenvalue weighted by molar-refractivity contribution is 4.86. The lowest BCUT2D eigenvalue weighted by molar-refractivity contribution is 0.155. The molecule has 0 heteroatoms. The highest BCUT2D eigenvalue weighted by Gasteiger charge is 2.35. The van der Waals surface area contributed by atoms with Gasteiger partial charge in [-0.1, -0.05) is 40.0 Å². The maximum Gasteiger partial charge on any atom is -0.0354 e. The Balaban J connectivity index is 2.04. The summed E-state index contributed by atoms with van der Waals surface area (Å²) >= 11 is 0. The average Bonchev–Trinajstić information content (AvgIpc) is 2.27. The van der Waals surface area contributed by atoms with Gasteiger partial charge in [-0.25, -0.2) is 0 Å². The molecule has 0 bridgehead atoms. The van der Waals surface area contributed by atoms with Crippen molar-refractivity contribution < 1.29 is 0 Å². The number of fused-ring (bicyclic) bond motifs is 1. The van der Waals surface area contributed by atoms with E-state index in [0.717, 1.165) is 17.8 Å². The van der Waals surface area contributed by atoms with Gasteiger partial charge in [0, 0.05) is 0 Å². The van der Waals surface area contributed by atoms with Gasteiger partial charge in [0.15, 0.2) is 0 Å². The molecule has 2 saturated carbocycles. The summed E-state index contributed by atoms with van der Waals surface area (Å²) in [4.78, 5) is 0. The van der Waals surface area contributed by atoms with E-state index >= 15 is 0 Å². The molecule has 2 fully saturated rings. The summed E-state index contributed by atoms with van der Waals surface area (Å²) in [5.74, 6) is 3.17. The normalized spacial score (nSPS) is 42.6. The van der Waals surface area contributed by atoms with Crippen molar-refractivity contribution in [2.24, 2.45) is 23.2 Å². The van der Waals surface area contributed by atoms with Gasteiger partial charge in [-0.15, -0.1) is 0 Å². The molecule has 3 atom stereocenters. The molecule has 82 valence electrons. The SMILES string of the molecule is CC1CCCC2CCC(C)(C)CCC12. The molecule has 0 spiro atoms. The van der Waals surface area contributed by atoms with Crippen LogP contribution < -0.4 is 0 Å². The van der Waals surface area contributed by atoms with E-state index < -0.39 is 0 Å². The van der Waals surface area contributed by atoms with E-state index in [1.165, 1.54) is 44.9 Å². The standard InChI is InChI=1S/C14H26/c1-11-5-4-6-12-7-9-14(2,3)10-8-13(11)12/h11-13H,4-10H2,1-3H3. The van der Waals surface area contributed by atoms with Crippen molar-refractivity contribution >= 4 is 0 Å². The molecule has 3 unspecified atom stereocenters. The lowest BCUT2D eigenvalue weighted by Crippen LogP contribution is -2.25. The minimum absolute atomic E-state index is 0.636.